The van der Waals surface area contributed by atoms with Crippen molar-refractivity contribution in [3.8, 4) is 0 Å². The average Bonchev–Trinajstić information content (AvgIpc) is 2.71. The Bertz CT molecular complexity index is 471. The topological polar surface area (TPSA) is 123 Å². The van der Waals surface area contributed by atoms with E-state index in [4.69, 9.17) is 9.56 Å². The molecule has 0 aliphatic carbocycles. The van der Waals surface area contributed by atoms with Crippen LogP contribution in [0.15, 0.2) is 4.42 Å². The van der Waals surface area contributed by atoms with Crippen molar-refractivity contribution in [1.82, 2.24) is 15.5 Å². The summed E-state index contributed by atoms with van der Waals surface area (Å²) in [5.41, 5.74) is 0. The first-order chi connectivity index (χ1) is 8.87. The van der Waals surface area contributed by atoms with Gasteiger partial charge >= 0.3 is 6.01 Å². The molecule has 1 heterocycles. The van der Waals surface area contributed by atoms with Gasteiger partial charge in [-0.05, 0) is 18.9 Å². The highest BCUT2D eigenvalue weighted by Crippen LogP contribution is 2.05. The zero-order valence-corrected chi connectivity index (χ0v) is 12.0. The van der Waals surface area contributed by atoms with Crippen LogP contribution in [0.5, 0.6) is 0 Å². The maximum absolute atomic E-state index is 10.7. The third-order valence-corrected chi connectivity index (χ3v) is 3.04. The van der Waals surface area contributed by atoms with E-state index in [1.807, 2.05) is 0 Å². The Morgan fingerprint density at radius 1 is 1.37 bits per heavy atom. The molecule has 0 saturated carbocycles. The van der Waals surface area contributed by atoms with Crippen molar-refractivity contribution in [2.24, 2.45) is 11.1 Å². The Hall–Kier alpha value is -1.19. The van der Waals surface area contributed by atoms with Crippen molar-refractivity contribution in [3.63, 3.8) is 0 Å². The second-order valence-electron chi connectivity index (χ2n) is 4.67. The normalized spacial score (nSPS) is 12.0. The van der Waals surface area contributed by atoms with Crippen molar-refractivity contribution in [2.75, 3.05) is 24.2 Å². The molecule has 1 aromatic heterocycles. The molecule has 0 radical (unpaired) electrons. The number of nitrogens with two attached hydrogens (primary N) is 1. The molecule has 0 unspecified atom stereocenters. The lowest BCUT2D eigenvalue weighted by molar-refractivity contribution is 0.458. The molecule has 0 fully saturated rings. The van der Waals surface area contributed by atoms with Crippen LogP contribution in [0, 0.1) is 5.92 Å². The van der Waals surface area contributed by atoms with Crippen LogP contribution in [-0.4, -0.2) is 37.5 Å². The maximum atomic E-state index is 10.7. The molecule has 0 spiro atoms. The number of aromatic nitrogens is 2. The van der Waals surface area contributed by atoms with E-state index < -0.39 is 10.0 Å². The molecule has 1 rings (SSSR count). The predicted octanol–water partition coefficient (Wildman–Crippen LogP) is -0.0943. The summed E-state index contributed by atoms with van der Waals surface area (Å²) in [6.07, 6.45) is 0.391. The third-order valence-electron chi connectivity index (χ3n) is 2.18. The zero-order valence-electron chi connectivity index (χ0n) is 11.2. The summed E-state index contributed by atoms with van der Waals surface area (Å²) in [4.78, 5) is 0. The average molecular weight is 291 g/mol. The number of nitrogens with zero attached hydrogens (tertiary/aromatic N) is 2. The Morgan fingerprint density at radius 2 is 2.11 bits per heavy atom. The SMILES string of the molecule is CC(C)CNCc1nnc(NCCCS(N)(=O)=O)o1. The smallest absolute Gasteiger partial charge is 0.315 e. The van der Waals surface area contributed by atoms with Crippen LogP contribution in [0.25, 0.3) is 0 Å². The summed E-state index contributed by atoms with van der Waals surface area (Å²) in [6, 6.07) is 0.288. The monoisotopic (exact) mass is 291 g/mol. The molecule has 19 heavy (non-hydrogen) atoms. The molecular weight excluding hydrogens is 270 g/mol. The zero-order chi connectivity index (χ0) is 14.3. The van der Waals surface area contributed by atoms with Crippen molar-refractivity contribution in [1.29, 1.82) is 0 Å². The van der Waals surface area contributed by atoms with Gasteiger partial charge < -0.3 is 15.1 Å². The number of sulfonamides is 1. The quantitative estimate of drug-likeness (QED) is 0.543. The Balaban J connectivity index is 2.23. The minimum absolute atomic E-state index is 0.0725. The summed E-state index contributed by atoms with van der Waals surface area (Å²) < 4.78 is 26.7. The number of rotatable bonds is 9. The van der Waals surface area contributed by atoms with E-state index in [2.05, 4.69) is 34.7 Å². The van der Waals surface area contributed by atoms with Crippen molar-refractivity contribution < 1.29 is 12.8 Å². The molecule has 0 saturated heterocycles. The van der Waals surface area contributed by atoms with Gasteiger partial charge in [0.15, 0.2) is 0 Å². The summed E-state index contributed by atoms with van der Waals surface area (Å²) in [7, 11) is -3.41. The molecule has 0 aliphatic rings. The lowest BCUT2D eigenvalue weighted by Gasteiger charge is -2.03. The highest BCUT2D eigenvalue weighted by atomic mass is 32.2. The first-order valence-corrected chi connectivity index (χ1v) is 7.86. The van der Waals surface area contributed by atoms with Crippen molar-refractivity contribution in [2.45, 2.75) is 26.8 Å². The number of hydrogen-bond acceptors (Lipinski definition) is 7. The van der Waals surface area contributed by atoms with Crippen LogP contribution >= 0.6 is 0 Å². The highest BCUT2D eigenvalue weighted by molar-refractivity contribution is 7.89. The molecule has 8 nitrogen and oxygen atoms in total. The largest absolute Gasteiger partial charge is 0.407 e. The van der Waals surface area contributed by atoms with Gasteiger partial charge in [0.05, 0.1) is 12.3 Å². The summed E-state index contributed by atoms with van der Waals surface area (Å²) in [5.74, 6) is 0.977. The van der Waals surface area contributed by atoms with Gasteiger partial charge in [0.1, 0.15) is 0 Å². The third kappa shape index (κ3) is 7.75. The first-order valence-electron chi connectivity index (χ1n) is 6.14. The van der Waals surface area contributed by atoms with E-state index in [1.54, 1.807) is 0 Å². The molecule has 110 valence electrons. The maximum Gasteiger partial charge on any atom is 0.315 e. The van der Waals surface area contributed by atoms with E-state index in [1.165, 1.54) is 0 Å². The standard InChI is InChI=1S/C10H21N5O3S/c1-8(2)6-12-7-9-14-15-10(18-9)13-4-3-5-19(11,16)17/h8,12H,3-7H2,1-2H3,(H,13,15)(H2,11,16,17). The van der Waals surface area contributed by atoms with Gasteiger partial charge in [0.2, 0.25) is 15.9 Å². The van der Waals surface area contributed by atoms with Gasteiger partial charge in [0.25, 0.3) is 0 Å². The van der Waals surface area contributed by atoms with Crippen LogP contribution in [-0.2, 0) is 16.6 Å². The fourth-order valence-electron chi connectivity index (χ4n) is 1.33. The molecule has 0 bridgehead atoms. The summed E-state index contributed by atoms with van der Waals surface area (Å²) in [6.45, 7) is 6.03. The van der Waals surface area contributed by atoms with Crippen LogP contribution in [0.1, 0.15) is 26.2 Å². The lowest BCUT2D eigenvalue weighted by Crippen LogP contribution is -2.19. The Morgan fingerprint density at radius 3 is 2.74 bits per heavy atom. The van der Waals surface area contributed by atoms with Crippen molar-refractivity contribution >= 4 is 16.0 Å². The number of primary sulfonamides is 1. The predicted molar refractivity (Wildman–Crippen MR) is 71.9 cm³/mol. The van der Waals surface area contributed by atoms with E-state index >= 15 is 0 Å². The molecule has 0 aromatic carbocycles. The van der Waals surface area contributed by atoms with Gasteiger partial charge in [0, 0.05) is 6.54 Å². The minimum atomic E-state index is -3.41. The van der Waals surface area contributed by atoms with E-state index in [0.717, 1.165) is 6.54 Å². The Kier molecular flexibility index (Phi) is 6.19. The fourth-order valence-corrected chi connectivity index (χ4v) is 1.88. The van der Waals surface area contributed by atoms with Gasteiger partial charge in [-0.1, -0.05) is 18.9 Å². The number of anilines is 1. The van der Waals surface area contributed by atoms with Crippen LogP contribution in [0.3, 0.4) is 0 Å². The van der Waals surface area contributed by atoms with Crippen LogP contribution in [0.2, 0.25) is 0 Å². The minimum Gasteiger partial charge on any atom is -0.407 e. The Labute approximate surface area is 113 Å². The highest BCUT2D eigenvalue weighted by Gasteiger charge is 2.06. The molecule has 0 aliphatic heterocycles. The molecule has 1 aromatic rings. The van der Waals surface area contributed by atoms with E-state index in [-0.39, 0.29) is 11.8 Å². The number of hydrogen-bond donors (Lipinski definition) is 3. The van der Waals surface area contributed by atoms with Gasteiger partial charge in [-0.15, -0.1) is 5.10 Å². The summed E-state index contributed by atoms with van der Waals surface area (Å²) in [5, 5.41) is 18.6. The van der Waals surface area contributed by atoms with Crippen molar-refractivity contribution in [3.05, 3.63) is 5.89 Å². The fraction of sp³-hybridized carbons (Fsp3) is 0.800. The van der Waals surface area contributed by atoms with Crippen LogP contribution in [0.4, 0.5) is 6.01 Å². The van der Waals surface area contributed by atoms with Gasteiger partial charge in [-0.25, -0.2) is 13.6 Å². The molecule has 0 amide bonds. The van der Waals surface area contributed by atoms with E-state index in [9.17, 15) is 8.42 Å². The second-order valence-corrected chi connectivity index (χ2v) is 6.41. The van der Waals surface area contributed by atoms with Gasteiger partial charge in [-0.3, -0.25) is 0 Å². The number of nitrogens with one attached hydrogen (secondary N) is 2. The second kappa shape index (κ2) is 7.41. The van der Waals surface area contributed by atoms with Gasteiger partial charge in [-0.2, -0.15) is 0 Å². The first kappa shape index (κ1) is 15.9. The van der Waals surface area contributed by atoms with Crippen LogP contribution < -0.4 is 15.8 Å². The molecule has 4 N–H and O–H groups in total. The molecule has 0 atom stereocenters. The molecule has 9 heteroatoms. The summed E-state index contributed by atoms with van der Waals surface area (Å²) >= 11 is 0. The molecular formula is C10H21N5O3S. The lowest BCUT2D eigenvalue weighted by atomic mass is 10.2. The van der Waals surface area contributed by atoms with E-state index in [0.29, 0.717) is 31.3 Å².